The first-order chi connectivity index (χ1) is 9.15. The zero-order valence-corrected chi connectivity index (χ0v) is 12.2. The molecule has 19 heavy (non-hydrogen) atoms. The van der Waals surface area contributed by atoms with Crippen LogP contribution in [0.25, 0.3) is 0 Å². The SMILES string of the molecule is CC(N)C(c1ccccc1Cl)N(CCO)C1CCC1. The van der Waals surface area contributed by atoms with Crippen LogP contribution in [-0.4, -0.2) is 35.2 Å². The molecule has 0 spiro atoms. The summed E-state index contributed by atoms with van der Waals surface area (Å²) in [6, 6.07) is 8.46. The first-order valence-electron chi connectivity index (χ1n) is 7.01. The van der Waals surface area contributed by atoms with Gasteiger partial charge >= 0.3 is 0 Å². The van der Waals surface area contributed by atoms with Gasteiger partial charge in [0.25, 0.3) is 0 Å². The molecular formula is C15H23ClN2O. The number of nitrogens with two attached hydrogens (primary N) is 1. The lowest BCUT2D eigenvalue weighted by molar-refractivity contribution is 0.0504. The van der Waals surface area contributed by atoms with Crippen molar-refractivity contribution in [2.24, 2.45) is 5.73 Å². The van der Waals surface area contributed by atoms with E-state index in [2.05, 4.69) is 4.90 Å². The van der Waals surface area contributed by atoms with E-state index in [0.717, 1.165) is 10.6 Å². The Morgan fingerprint density at radius 2 is 2.11 bits per heavy atom. The monoisotopic (exact) mass is 282 g/mol. The van der Waals surface area contributed by atoms with Crippen molar-refractivity contribution >= 4 is 11.6 Å². The van der Waals surface area contributed by atoms with Gasteiger partial charge in [0.1, 0.15) is 0 Å². The normalized spacial score (nSPS) is 19.2. The van der Waals surface area contributed by atoms with Crippen molar-refractivity contribution in [1.29, 1.82) is 0 Å². The molecule has 0 radical (unpaired) electrons. The van der Waals surface area contributed by atoms with E-state index in [0.29, 0.717) is 12.6 Å². The molecule has 0 aromatic heterocycles. The average molecular weight is 283 g/mol. The fraction of sp³-hybridized carbons (Fsp3) is 0.600. The topological polar surface area (TPSA) is 49.5 Å². The van der Waals surface area contributed by atoms with Gasteiger partial charge in [-0.3, -0.25) is 4.90 Å². The highest BCUT2D eigenvalue weighted by Crippen LogP contribution is 2.36. The minimum atomic E-state index is -0.0213. The van der Waals surface area contributed by atoms with Crippen LogP contribution in [0.15, 0.2) is 24.3 Å². The van der Waals surface area contributed by atoms with Crippen molar-refractivity contribution < 1.29 is 5.11 Å². The van der Waals surface area contributed by atoms with Gasteiger partial charge in [0.05, 0.1) is 12.6 Å². The van der Waals surface area contributed by atoms with E-state index in [1.807, 2.05) is 31.2 Å². The molecule has 4 heteroatoms. The standard InChI is InChI=1S/C15H23ClN2O/c1-11(17)15(13-7-2-3-8-14(13)16)18(9-10-19)12-5-4-6-12/h2-3,7-8,11-12,15,19H,4-6,9-10,17H2,1H3. The lowest BCUT2D eigenvalue weighted by Gasteiger charge is -2.44. The first-order valence-corrected chi connectivity index (χ1v) is 7.39. The number of halogens is 1. The molecule has 1 aromatic carbocycles. The summed E-state index contributed by atoms with van der Waals surface area (Å²) in [4.78, 5) is 2.33. The number of nitrogens with zero attached hydrogens (tertiary/aromatic N) is 1. The quantitative estimate of drug-likeness (QED) is 0.843. The Morgan fingerprint density at radius 3 is 2.58 bits per heavy atom. The second-order valence-electron chi connectivity index (χ2n) is 5.37. The second kappa shape index (κ2) is 6.71. The third kappa shape index (κ3) is 3.29. The Hall–Kier alpha value is -0.610. The minimum absolute atomic E-state index is 0.0213. The molecule has 1 aromatic rings. The summed E-state index contributed by atoms with van der Waals surface area (Å²) in [5.41, 5.74) is 7.27. The molecule has 3 N–H and O–H groups in total. The zero-order chi connectivity index (χ0) is 13.8. The van der Waals surface area contributed by atoms with Crippen LogP contribution in [0.2, 0.25) is 5.02 Å². The van der Waals surface area contributed by atoms with Crippen molar-refractivity contribution in [2.45, 2.75) is 44.3 Å². The highest BCUT2D eigenvalue weighted by Gasteiger charge is 2.33. The molecule has 1 saturated carbocycles. The van der Waals surface area contributed by atoms with Crippen molar-refractivity contribution in [3.8, 4) is 0 Å². The summed E-state index contributed by atoms with van der Waals surface area (Å²) in [5, 5.41) is 10.1. The average Bonchev–Trinajstić information content (AvgIpc) is 2.29. The van der Waals surface area contributed by atoms with Gasteiger partial charge in [0.15, 0.2) is 0 Å². The van der Waals surface area contributed by atoms with Crippen molar-refractivity contribution in [2.75, 3.05) is 13.2 Å². The Kier molecular flexibility index (Phi) is 5.22. The third-order valence-corrected chi connectivity index (χ3v) is 4.33. The molecule has 106 valence electrons. The van der Waals surface area contributed by atoms with Crippen LogP contribution in [0.4, 0.5) is 0 Å². The Morgan fingerprint density at radius 1 is 1.42 bits per heavy atom. The van der Waals surface area contributed by atoms with E-state index < -0.39 is 0 Å². The number of hydrogen-bond donors (Lipinski definition) is 2. The molecule has 1 fully saturated rings. The molecule has 1 aliphatic carbocycles. The van der Waals surface area contributed by atoms with Gasteiger partial charge in [0.2, 0.25) is 0 Å². The molecule has 1 aliphatic rings. The Labute approximate surface area is 120 Å². The number of rotatable bonds is 6. The van der Waals surface area contributed by atoms with Crippen LogP contribution in [0.5, 0.6) is 0 Å². The van der Waals surface area contributed by atoms with E-state index >= 15 is 0 Å². The van der Waals surface area contributed by atoms with E-state index in [9.17, 15) is 5.11 Å². The number of aliphatic hydroxyl groups is 1. The summed E-state index contributed by atoms with van der Waals surface area (Å²) in [6.45, 7) is 2.82. The fourth-order valence-corrected chi connectivity index (χ4v) is 3.11. The highest BCUT2D eigenvalue weighted by atomic mass is 35.5. The van der Waals surface area contributed by atoms with Gasteiger partial charge in [-0.25, -0.2) is 0 Å². The first kappa shape index (κ1) is 14.8. The molecular weight excluding hydrogens is 260 g/mol. The maximum absolute atomic E-state index is 9.34. The summed E-state index contributed by atoms with van der Waals surface area (Å²) in [5.74, 6) is 0. The smallest absolute Gasteiger partial charge is 0.0558 e. The molecule has 3 nitrogen and oxygen atoms in total. The lowest BCUT2D eigenvalue weighted by atomic mass is 9.87. The van der Waals surface area contributed by atoms with Crippen LogP contribution in [0, 0.1) is 0 Å². The van der Waals surface area contributed by atoms with Crippen molar-refractivity contribution in [3.05, 3.63) is 34.9 Å². The van der Waals surface area contributed by atoms with E-state index in [1.54, 1.807) is 0 Å². The van der Waals surface area contributed by atoms with Gasteiger partial charge in [-0.2, -0.15) is 0 Å². The van der Waals surface area contributed by atoms with Crippen LogP contribution >= 0.6 is 11.6 Å². The van der Waals surface area contributed by atoms with E-state index in [1.165, 1.54) is 19.3 Å². The molecule has 0 heterocycles. The lowest BCUT2D eigenvalue weighted by Crippen LogP contribution is -2.49. The van der Waals surface area contributed by atoms with Crippen LogP contribution in [0.3, 0.4) is 0 Å². The molecule has 0 bridgehead atoms. The third-order valence-electron chi connectivity index (χ3n) is 3.98. The maximum Gasteiger partial charge on any atom is 0.0558 e. The molecule has 0 aliphatic heterocycles. The van der Waals surface area contributed by atoms with Crippen molar-refractivity contribution in [3.63, 3.8) is 0 Å². The molecule has 0 saturated heterocycles. The summed E-state index contributed by atoms with van der Waals surface area (Å²) in [7, 11) is 0. The summed E-state index contributed by atoms with van der Waals surface area (Å²) in [6.07, 6.45) is 3.64. The van der Waals surface area contributed by atoms with Gasteiger partial charge in [-0.1, -0.05) is 36.2 Å². The molecule has 0 amide bonds. The second-order valence-corrected chi connectivity index (χ2v) is 5.78. The Bertz CT molecular complexity index is 407. The van der Waals surface area contributed by atoms with Crippen LogP contribution < -0.4 is 5.73 Å². The minimum Gasteiger partial charge on any atom is -0.395 e. The fourth-order valence-electron chi connectivity index (χ4n) is 2.86. The highest BCUT2D eigenvalue weighted by molar-refractivity contribution is 6.31. The van der Waals surface area contributed by atoms with Gasteiger partial charge in [0, 0.05) is 23.7 Å². The predicted octanol–water partition coefficient (Wildman–Crippen LogP) is 2.58. The molecule has 2 atom stereocenters. The van der Waals surface area contributed by atoms with Crippen LogP contribution in [-0.2, 0) is 0 Å². The van der Waals surface area contributed by atoms with Crippen LogP contribution in [0.1, 0.15) is 37.8 Å². The number of aliphatic hydroxyl groups excluding tert-OH is 1. The predicted molar refractivity (Wildman–Crippen MR) is 79.3 cm³/mol. The Balaban J connectivity index is 2.29. The molecule has 2 rings (SSSR count). The van der Waals surface area contributed by atoms with Gasteiger partial charge < -0.3 is 10.8 Å². The molecule has 2 unspecified atom stereocenters. The summed E-state index contributed by atoms with van der Waals surface area (Å²) >= 11 is 6.33. The van der Waals surface area contributed by atoms with Crippen molar-refractivity contribution in [1.82, 2.24) is 4.90 Å². The van der Waals surface area contributed by atoms with E-state index in [-0.39, 0.29) is 18.7 Å². The van der Waals surface area contributed by atoms with Gasteiger partial charge in [-0.05, 0) is 31.4 Å². The largest absolute Gasteiger partial charge is 0.395 e. The summed E-state index contributed by atoms with van der Waals surface area (Å²) < 4.78 is 0. The zero-order valence-electron chi connectivity index (χ0n) is 11.4. The number of hydrogen-bond acceptors (Lipinski definition) is 3. The number of benzene rings is 1. The van der Waals surface area contributed by atoms with E-state index in [4.69, 9.17) is 17.3 Å². The maximum atomic E-state index is 9.34. The van der Waals surface area contributed by atoms with Gasteiger partial charge in [-0.15, -0.1) is 0 Å².